The maximum atomic E-state index is 11.0. The molecule has 0 radical (unpaired) electrons. The van der Waals surface area contributed by atoms with E-state index in [9.17, 15) is 9.90 Å². The van der Waals surface area contributed by atoms with Gasteiger partial charge in [0.15, 0.2) is 0 Å². The van der Waals surface area contributed by atoms with Crippen LogP contribution in [0.25, 0.3) is 0 Å². The van der Waals surface area contributed by atoms with Crippen LogP contribution in [0.3, 0.4) is 0 Å². The second-order valence-corrected chi connectivity index (χ2v) is 4.78. The van der Waals surface area contributed by atoms with Gasteiger partial charge in [-0.2, -0.15) is 0 Å². The monoisotopic (exact) mass is 213 g/mol. The highest BCUT2D eigenvalue weighted by atomic mass is 16.3. The lowest BCUT2D eigenvalue weighted by atomic mass is 9.92. The van der Waals surface area contributed by atoms with Crippen molar-refractivity contribution >= 4 is 5.91 Å². The fraction of sp³-hybridized carbons (Fsp3) is 0.900. The molecule has 2 heterocycles. The predicted octanol–water partition coefficient (Wildman–Crippen LogP) is -1.48. The molecule has 0 unspecified atom stereocenters. The summed E-state index contributed by atoms with van der Waals surface area (Å²) in [5.74, 6) is -0.144. The molecule has 2 aliphatic rings. The van der Waals surface area contributed by atoms with E-state index in [2.05, 4.69) is 10.2 Å². The molecule has 0 spiro atoms. The Bertz CT molecular complexity index is 245. The van der Waals surface area contributed by atoms with E-state index in [1.807, 2.05) is 0 Å². The largest absolute Gasteiger partial charge is 0.386 e. The zero-order chi connectivity index (χ0) is 10.9. The van der Waals surface area contributed by atoms with Crippen LogP contribution < -0.4 is 11.1 Å². The summed E-state index contributed by atoms with van der Waals surface area (Å²) in [6.45, 7) is 3.82. The number of piperidine rings is 1. The lowest BCUT2D eigenvalue weighted by Crippen LogP contribution is -2.65. The summed E-state index contributed by atoms with van der Waals surface area (Å²) in [5, 5.41) is 13.0. The Morgan fingerprint density at radius 2 is 2.07 bits per heavy atom. The summed E-state index contributed by atoms with van der Waals surface area (Å²) in [5.41, 5.74) is 4.72. The molecule has 2 rings (SSSR count). The van der Waals surface area contributed by atoms with Crippen molar-refractivity contribution in [2.75, 3.05) is 32.7 Å². The standard InChI is InChI=1S/C10H19N3O2/c11-9(14)8-1-3-13(4-2-8)7-10(15)5-12-6-10/h8,12,15H,1-7H2,(H2,11,14). The van der Waals surface area contributed by atoms with Gasteiger partial charge in [-0.3, -0.25) is 4.79 Å². The van der Waals surface area contributed by atoms with Gasteiger partial charge in [0, 0.05) is 25.6 Å². The van der Waals surface area contributed by atoms with E-state index in [1.165, 1.54) is 0 Å². The maximum absolute atomic E-state index is 11.0. The number of β-amino-alcohol motifs (C(OH)–C–C–N with tert-alkyl or cyclic N) is 1. The van der Waals surface area contributed by atoms with Crippen LogP contribution in [-0.2, 0) is 4.79 Å². The SMILES string of the molecule is NC(=O)C1CCN(CC2(O)CNC2)CC1. The second kappa shape index (κ2) is 4.08. The lowest BCUT2D eigenvalue weighted by molar-refractivity contribution is -0.123. The Kier molecular flexibility index (Phi) is 2.95. The van der Waals surface area contributed by atoms with Crippen molar-refractivity contribution in [1.29, 1.82) is 0 Å². The first-order chi connectivity index (χ1) is 7.09. The zero-order valence-corrected chi connectivity index (χ0v) is 8.91. The molecule has 86 valence electrons. The van der Waals surface area contributed by atoms with E-state index in [0.717, 1.165) is 25.9 Å². The molecule has 0 aromatic rings. The minimum atomic E-state index is -0.542. The van der Waals surface area contributed by atoms with Gasteiger partial charge in [-0.1, -0.05) is 0 Å². The summed E-state index contributed by atoms with van der Waals surface area (Å²) in [6, 6.07) is 0. The number of nitrogens with one attached hydrogen (secondary N) is 1. The van der Waals surface area contributed by atoms with Crippen molar-refractivity contribution in [2.24, 2.45) is 11.7 Å². The molecular formula is C10H19N3O2. The number of hydrogen-bond donors (Lipinski definition) is 3. The number of primary amides is 1. The van der Waals surface area contributed by atoms with Crippen LogP contribution >= 0.6 is 0 Å². The number of rotatable bonds is 3. The number of carbonyl (C=O) groups excluding carboxylic acids is 1. The first-order valence-electron chi connectivity index (χ1n) is 5.54. The van der Waals surface area contributed by atoms with Gasteiger partial charge in [0.05, 0.1) is 0 Å². The number of hydrogen-bond acceptors (Lipinski definition) is 4. The van der Waals surface area contributed by atoms with Crippen molar-refractivity contribution in [2.45, 2.75) is 18.4 Å². The van der Waals surface area contributed by atoms with Crippen LogP contribution in [0.5, 0.6) is 0 Å². The maximum Gasteiger partial charge on any atom is 0.220 e. The molecule has 2 saturated heterocycles. The normalized spacial score (nSPS) is 27.3. The Morgan fingerprint density at radius 3 is 2.47 bits per heavy atom. The van der Waals surface area contributed by atoms with Gasteiger partial charge in [-0.05, 0) is 25.9 Å². The van der Waals surface area contributed by atoms with E-state index < -0.39 is 5.60 Å². The van der Waals surface area contributed by atoms with Gasteiger partial charge in [0.1, 0.15) is 5.60 Å². The fourth-order valence-corrected chi connectivity index (χ4v) is 2.32. The summed E-state index contributed by atoms with van der Waals surface area (Å²) in [7, 11) is 0. The van der Waals surface area contributed by atoms with Crippen LogP contribution in [-0.4, -0.2) is 54.2 Å². The molecule has 2 fully saturated rings. The third kappa shape index (κ3) is 2.48. The third-order valence-corrected chi connectivity index (χ3v) is 3.42. The van der Waals surface area contributed by atoms with Crippen molar-refractivity contribution in [3.63, 3.8) is 0 Å². The van der Waals surface area contributed by atoms with E-state index in [4.69, 9.17) is 5.73 Å². The zero-order valence-electron chi connectivity index (χ0n) is 8.91. The minimum Gasteiger partial charge on any atom is -0.386 e. The van der Waals surface area contributed by atoms with Crippen molar-refractivity contribution in [3.8, 4) is 0 Å². The fourth-order valence-electron chi connectivity index (χ4n) is 2.32. The number of likely N-dealkylation sites (tertiary alicyclic amines) is 1. The molecule has 0 aliphatic carbocycles. The topological polar surface area (TPSA) is 78.6 Å². The van der Waals surface area contributed by atoms with E-state index in [1.54, 1.807) is 0 Å². The highest BCUT2D eigenvalue weighted by Gasteiger charge is 2.37. The first-order valence-corrected chi connectivity index (χ1v) is 5.54. The molecule has 1 amide bonds. The molecule has 5 heteroatoms. The summed E-state index contributed by atoms with van der Waals surface area (Å²) in [4.78, 5) is 13.2. The van der Waals surface area contributed by atoms with Gasteiger partial charge in [-0.25, -0.2) is 0 Å². The smallest absolute Gasteiger partial charge is 0.220 e. The highest BCUT2D eigenvalue weighted by molar-refractivity contribution is 5.76. The first kappa shape index (κ1) is 10.9. The van der Waals surface area contributed by atoms with Gasteiger partial charge >= 0.3 is 0 Å². The number of nitrogens with zero attached hydrogens (tertiary/aromatic N) is 1. The van der Waals surface area contributed by atoms with Gasteiger partial charge in [0.25, 0.3) is 0 Å². The molecular weight excluding hydrogens is 194 g/mol. The molecule has 4 N–H and O–H groups in total. The number of nitrogens with two attached hydrogens (primary N) is 1. The highest BCUT2D eigenvalue weighted by Crippen LogP contribution is 2.20. The second-order valence-electron chi connectivity index (χ2n) is 4.78. The third-order valence-electron chi connectivity index (χ3n) is 3.42. The quantitative estimate of drug-likeness (QED) is 0.534. The summed E-state index contributed by atoms with van der Waals surface area (Å²) in [6.07, 6.45) is 1.66. The van der Waals surface area contributed by atoms with Gasteiger partial charge in [-0.15, -0.1) is 0 Å². The average Bonchev–Trinajstić information content (AvgIpc) is 2.16. The molecule has 15 heavy (non-hydrogen) atoms. The van der Waals surface area contributed by atoms with Crippen molar-refractivity contribution in [3.05, 3.63) is 0 Å². The van der Waals surface area contributed by atoms with Crippen molar-refractivity contribution in [1.82, 2.24) is 10.2 Å². The van der Waals surface area contributed by atoms with Crippen LogP contribution in [0, 0.1) is 5.92 Å². The van der Waals surface area contributed by atoms with E-state index in [-0.39, 0.29) is 11.8 Å². The molecule has 2 aliphatic heterocycles. The summed E-state index contributed by atoms with van der Waals surface area (Å²) >= 11 is 0. The molecule has 0 aromatic heterocycles. The lowest BCUT2D eigenvalue weighted by Gasteiger charge is -2.43. The predicted molar refractivity (Wildman–Crippen MR) is 56.2 cm³/mol. The molecule has 5 nitrogen and oxygen atoms in total. The van der Waals surface area contributed by atoms with Crippen LogP contribution in [0.1, 0.15) is 12.8 Å². The Hall–Kier alpha value is -0.650. The average molecular weight is 213 g/mol. The minimum absolute atomic E-state index is 0.0374. The van der Waals surface area contributed by atoms with Gasteiger partial charge < -0.3 is 21.1 Å². The Balaban J connectivity index is 1.76. The molecule has 0 bridgehead atoms. The van der Waals surface area contributed by atoms with Crippen LogP contribution in [0.15, 0.2) is 0 Å². The Labute approximate surface area is 89.6 Å². The molecule has 0 aromatic carbocycles. The van der Waals surface area contributed by atoms with E-state index >= 15 is 0 Å². The molecule has 0 atom stereocenters. The van der Waals surface area contributed by atoms with E-state index in [0.29, 0.717) is 19.6 Å². The number of carbonyl (C=O) groups is 1. The van der Waals surface area contributed by atoms with Crippen LogP contribution in [0.4, 0.5) is 0 Å². The summed E-state index contributed by atoms with van der Waals surface area (Å²) < 4.78 is 0. The Morgan fingerprint density at radius 1 is 1.47 bits per heavy atom. The van der Waals surface area contributed by atoms with Gasteiger partial charge in [0.2, 0.25) is 5.91 Å². The number of aliphatic hydroxyl groups is 1. The van der Waals surface area contributed by atoms with Crippen LogP contribution in [0.2, 0.25) is 0 Å². The number of amides is 1. The molecule has 0 saturated carbocycles. The van der Waals surface area contributed by atoms with Crippen molar-refractivity contribution < 1.29 is 9.90 Å².